The van der Waals surface area contributed by atoms with Crippen molar-refractivity contribution in [2.24, 2.45) is 0 Å². The molecular weight excluding hydrogens is 176 g/mol. The summed E-state index contributed by atoms with van der Waals surface area (Å²) >= 11 is 0. The molecular formula is C12H14O2. The highest BCUT2D eigenvalue weighted by Gasteiger charge is 2.38. The zero-order chi connectivity index (χ0) is 10.3. The molecule has 14 heavy (non-hydrogen) atoms. The van der Waals surface area contributed by atoms with Gasteiger partial charge in [0.15, 0.2) is 5.78 Å². The molecule has 1 aliphatic carbocycles. The lowest BCUT2D eigenvalue weighted by Crippen LogP contribution is -2.13. The second kappa shape index (κ2) is 2.84. The number of benzene rings is 1. The zero-order valence-corrected chi connectivity index (χ0v) is 8.76. The van der Waals surface area contributed by atoms with Crippen LogP contribution >= 0.6 is 0 Å². The largest absolute Gasteiger partial charge is 0.496 e. The highest BCUT2D eigenvalue weighted by molar-refractivity contribution is 6.02. The quantitative estimate of drug-likeness (QED) is 0.680. The molecule has 0 N–H and O–H groups in total. The van der Waals surface area contributed by atoms with E-state index in [2.05, 4.69) is 13.8 Å². The molecule has 2 nitrogen and oxygen atoms in total. The van der Waals surface area contributed by atoms with Crippen LogP contribution in [0.4, 0.5) is 0 Å². The molecule has 0 amide bonds. The van der Waals surface area contributed by atoms with Gasteiger partial charge in [0.1, 0.15) is 5.75 Å². The lowest BCUT2D eigenvalue weighted by Gasteiger charge is -2.20. The molecule has 74 valence electrons. The third kappa shape index (κ3) is 1.14. The first-order chi connectivity index (χ1) is 6.56. The van der Waals surface area contributed by atoms with Crippen molar-refractivity contribution in [1.29, 1.82) is 0 Å². The molecule has 1 aromatic rings. The Morgan fingerprint density at radius 1 is 1.36 bits per heavy atom. The summed E-state index contributed by atoms with van der Waals surface area (Å²) in [5, 5.41) is 0. The molecule has 0 saturated heterocycles. The maximum absolute atomic E-state index is 11.7. The monoisotopic (exact) mass is 190 g/mol. The molecule has 1 aromatic carbocycles. The predicted molar refractivity (Wildman–Crippen MR) is 55.0 cm³/mol. The molecule has 0 unspecified atom stereocenters. The Morgan fingerprint density at radius 3 is 2.71 bits per heavy atom. The van der Waals surface area contributed by atoms with E-state index < -0.39 is 0 Å². The SMILES string of the molecule is COc1cccc2c1C(C)(C)CC2=O. The number of Topliss-reactive ketones (excluding diaryl/α,β-unsaturated/α-hetero) is 1. The standard InChI is InChI=1S/C12H14O2/c1-12(2)7-9(13)8-5-4-6-10(14-3)11(8)12/h4-6H,7H2,1-3H3. The van der Waals surface area contributed by atoms with Gasteiger partial charge < -0.3 is 4.74 Å². The molecule has 0 aliphatic heterocycles. The van der Waals surface area contributed by atoms with Crippen molar-refractivity contribution >= 4 is 5.78 Å². The van der Waals surface area contributed by atoms with Crippen molar-refractivity contribution in [3.63, 3.8) is 0 Å². The molecule has 0 spiro atoms. The van der Waals surface area contributed by atoms with E-state index in [4.69, 9.17) is 4.74 Å². The summed E-state index contributed by atoms with van der Waals surface area (Å²) in [6.07, 6.45) is 0.586. The minimum absolute atomic E-state index is 0.0843. The molecule has 0 aromatic heterocycles. The van der Waals surface area contributed by atoms with E-state index in [1.807, 2.05) is 18.2 Å². The van der Waals surface area contributed by atoms with E-state index in [1.54, 1.807) is 7.11 Å². The Hall–Kier alpha value is -1.31. The molecule has 2 rings (SSSR count). The van der Waals surface area contributed by atoms with Crippen LogP contribution < -0.4 is 4.74 Å². The Labute approximate surface area is 83.9 Å². The molecule has 2 heteroatoms. The second-order valence-corrected chi connectivity index (χ2v) is 4.37. The number of methoxy groups -OCH3 is 1. The third-order valence-corrected chi connectivity index (χ3v) is 2.83. The van der Waals surface area contributed by atoms with Gasteiger partial charge in [-0.15, -0.1) is 0 Å². The van der Waals surface area contributed by atoms with Gasteiger partial charge >= 0.3 is 0 Å². The van der Waals surface area contributed by atoms with Gasteiger partial charge in [-0.1, -0.05) is 26.0 Å². The third-order valence-electron chi connectivity index (χ3n) is 2.83. The molecule has 0 fully saturated rings. The predicted octanol–water partition coefficient (Wildman–Crippen LogP) is 2.56. The van der Waals surface area contributed by atoms with Gasteiger partial charge in [0.05, 0.1) is 7.11 Å². The Morgan fingerprint density at radius 2 is 2.07 bits per heavy atom. The highest BCUT2D eigenvalue weighted by atomic mass is 16.5. The van der Waals surface area contributed by atoms with Crippen molar-refractivity contribution in [2.45, 2.75) is 25.7 Å². The summed E-state index contributed by atoms with van der Waals surface area (Å²) in [5.41, 5.74) is 1.81. The second-order valence-electron chi connectivity index (χ2n) is 4.37. The lowest BCUT2D eigenvalue weighted by molar-refractivity contribution is 0.0979. The summed E-state index contributed by atoms with van der Waals surface area (Å²) in [5.74, 6) is 1.06. The number of rotatable bonds is 1. The maximum atomic E-state index is 11.7. The molecule has 0 saturated carbocycles. The van der Waals surface area contributed by atoms with Gasteiger partial charge in [-0.3, -0.25) is 4.79 Å². The average Bonchev–Trinajstić information content (AvgIpc) is 2.38. The van der Waals surface area contributed by atoms with Gasteiger partial charge in [-0.2, -0.15) is 0 Å². The van der Waals surface area contributed by atoms with Gasteiger partial charge in [0.2, 0.25) is 0 Å². The van der Waals surface area contributed by atoms with E-state index in [1.165, 1.54) is 0 Å². The summed E-state index contributed by atoms with van der Waals surface area (Å²) in [4.78, 5) is 11.7. The van der Waals surface area contributed by atoms with Crippen LogP contribution in [0.2, 0.25) is 0 Å². The normalized spacial score (nSPS) is 18.1. The van der Waals surface area contributed by atoms with Crippen molar-refractivity contribution in [3.8, 4) is 5.75 Å². The summed E-state index contributed by atoms with van der Waals surface area (Å²) < 4.78 is 5.29. The fourth-order valence-electron chi connectivity index (χ4n) is 2.22. The van der Waals surface area contributed by atoms with E-state index in [0.717, 1.165) is 16.9 Å². The lowest BCUT2D eigenvalue weighted by atomic mass is 9.86. The van der Waals surface area contributed by atoms with Crippen LogP contribution in [0.5, 0.6) is 5.75 Å². The maximum Gasteiger partial charge on any atom is 0.164 e. The fourth-order valence-corrected chi connectivity index (χ4v) is 2.22. The average molecular weight is 190 g/mol. The molecule has 0 heterocycles. The van der Waals surface area contributed by atoms with Crippen LogP contribution in [0.3, 0.4) is 0 Å². The molecule has 1 aliphatic rings. The number of hydrogen-bond donors (Lipinski definition) is 0. The molecule has 0 radical (unpaired) electrons. The zero-order valence-electron chi connectivity index (χ0n) is 8.76. The minimum Gasteiger partial charge on any atom is -0.496 e. The summed E-state index contributed by atoms with van der Waals surface area (Å²) in [6.45, 7) is 4.17. The Balaban J connectivity index is 2.69. The van der Waals surface area contributed by atoms with E-state index in [-0.39, 0.29) is 11.2 Å². The first-order valence-corrected chi connectivity index (χ1v) is 4.77. The number of ketones is 1. The number of ether oxygens (including phenoxy) is 1. The van der Waals surface area contributed by atoms with Crippen LogP contribution in [0.15, 0.2) is 18.2 Å². The van der Waals surface area contributed by atoms with E-state index in [9.17, 15) is 4.79 Å². The van der Waals surface area contributed by atoms with Gasteiger partial charge in [0, 0.05) is 23.0 Å². The smallest absolute Gasteiger partial charge is 0.164 e. The van der Waals surface area contributed by atoms with Crippen LogP contribution in [-0.4, -0.2) is 12.9 Å². The Kier molecular flexibility index (Phi) is 1.88. The van der Waals surface area contributed by atoms with Gasteiger partial charge in [0.25, 0.3) is 0 Å². The number of carbonyl (C=O) groups excluding carboxylic acids is 1. The van der Waals surface area contributed by atoms with Crippen molar-refractivity contribution in [1.82, 2.24) is 0 Å². The number of fused-ring (bicyclic) bond motifs is 1. The first-order valence-electron chi connectivity index (χ1n) is 4.77. The number of hydrogen-bond acceptors (Lipinski definition) is 2. The van der Waals surface area contributed by atoms with Crippen LogP contribution in [0, 0.1) is 0 Å². The Bertz CT molecular complexity index is 391. The topological polar surface area (TPSA) is 26.3 Å². The van der Waals surface area contributed by atoms with Crippen molar-refractivity contribution < 1.29 is 9.53 Å². The summed E-state index contributed by atoms with van der Waals surface area (Å²) in [6, 6.07) is 5.67. The summed E-state index contributed by atoms with van der Waals surface area (Å²) in [7, 11) is 1.65. The van der Waals surface area contributed by atoms with Gasteiger partial charge in [-0.05, 0) is 6.07 Å². The van der Waals surface area contributed by atoms with Crippen LogP contribution in [0.25, 0.3) is 0 Å². The first kappa shape index (κ1) is 9.25. The van der Waals surface area contributed by atoms with Gasteiger partial charge in [-0.25, -0.2) is 0 Å². The van der Waals surface area contributed by atoms with Crippen molar-refractivity contribution in [2.75, 3.05) is 7.11 Å². The van der Waals surface area contributed by atoms with E-state index in [0.29, 0.717) is 6.42 Å². The minimum atomic E-state index is -0.0843. The highest BCUT2D eigenvalue weighted by Crippen LogP contribution is 2.43. The van der Waals surface area contributed by atoms with Crippen molar-refractivity contribution in [3.05, 3.63) is 29.3 Å². The van der Waals surface area contributed by atoms with Crippen LogP contribution in [0.1, 0.15) is 36.2 Å². The number of carbonyl (C=O) groups is 1. The molecule has 0 atom stereocenters. The fraction of sp³-hybridized carbons (Fsp3) is 0.417. The van der Waals surface area contributed by atoms with E-state index >= 15 is 0 Å². The van der Waals surface area contributed by atoms with Crippen LogP contribution in [-0.2, 0) is 5.41 Å². The molecule has 0 bridgehead atoms.